The van der Waals surface area contributed by atoms with Crippen molar-refractivity contribution < 1.29 is 19.5 Å². The molecule has 2 amide bonds. The molecule has 0 aliphatic heterocycles. The van der Waals surface area contributed by atoms with Crippen LogP contribution in [0.25, 0.3) is 0 Å². The second-order valence-electron chi connectivity index (χ2n) is 5.81. The standard InChI is InChI=1S/C13H24N2O4/c1-8(11(17)14-9(2)12(18)19)6-7-10(16)15-13(3,4)5/h8-9H,6-7H2,1-5H3,(H,14,17)(H,15,16)(H,18,19)/t8-,9-/m0/s1. The third kappa shape index (κ3) is 8.18. The molecule has 0 unspecified atom stereocenters. The molecule has 0 fully saturated rings. The van der Waals surface area contributed by atoms with Gasteiger partial charge in [0.2, 0.25) is 11.8 Å². The molecule has 0 aromatic rings. The Morgan fingerprint density at radius 3 is 2.11 bits per heavy atom. The minimum Gasteiger partial charge on any atom is -0.480 e. The van der Waals surface area contributed by atoms with Gasteiger partial charge in [-0.25, -0.2) is 0 Å². The molecule has 6 nitrogen and oxygen atoms in total. The van der Waals surface area contributed by atoms with Gasteiger partial charge in [-0.3, -0.25) is 14.4 Å². The summed E-state index contributed by atoms with van der Waals surface area (Å²) in [4.78, 5) is 33.8. The fourth-order valence-electron chi connectivity index (χ4n) is 1.38. The van der Waals surface area contributed by atoms with Crippen molar-refractivity contribution >= 4 is 17.8 Å². The molecule has 0 spiro atoms. The van der Waals surface area contributed by atoms with Gasteiger partial charge in [-0.1, -0.05) is 6.92 Å². The molecule has 19 heavy (non-hydrogen) atoms. The number of aliphatic carboxylic acids is 1. The van der Waals surface area contributed by atoms with E-state index in [4.69, 9.17) is 5.11 Å². The number of carbonyl (C=O) groups is 3. The fourth-order valence-corrected chi connectivity index (χ4v) is 1.38. The number of amides is 2. The van der Waals surface area contributed by atoms with Crippen LogP contribution < -0.4 is 10.6 Å². The van der Waals surface area contributed by atoms with Crippen LogP contribution in [0.4, 0.5) is 0 Å². The summed E-state index contributed by atoms with van der Waals surface area (Å²) in [5.41, 5.74) is -0.291. The van der Waals surface area contributed by atoms with Gasteiger partial charge in [0.25, 0.3) is 0 Å². The lowest BCUT2D eigenvalue weighted by atomic mass is 10.0. The summed E-state index contributed by atoms with van der Waals surface area (Å²) in [6.07, 6.45) is 0.632. The Kier molecular flexibility index (Phi) is 6.52. The zero-order chi connectivity index (χ0) is 15.2. The lowest BCUT2D eigenvalue weighted by Gasteiger charge is -2.21. The van der Waals surface area contributed by atoms with Crippen LogP contribution in [0.1, 0.15) is 47.5 Å². The molecule has 6 heteroatoms. The summed E-state index contributed by atoms with van der Waals surface area (Å²) in [5.74, 6) is -1.93. The minimum atomic E-state index is -1.08. The van der Waals surface area contributed by atoms with Crippen molar-refractivity contribution in [3.05, 3.63) is 0 Å². The summed E-state index contributed by atoms with van der Waals surface area (Å²) < 4.78 is 0. The van der Waals surface area contributed by atoms with Crippen LogP contribution in [0, 0.1) is 5.92 Å². The Balaban J connectivity index is 4.11. The van der Waals surface area contributed by atoms with Crippen LogP contribution >= 0.6 is 0 Å². The van der Waals surface area contributed by atoms with Crippen LogP contribution in [0.2, 0.25) is 0 Å². The third-order valence-electron chi connectivity index (χ3n) is 2.50. The topological polar surface area (TPSA) is 95.5 Å². The summed E-state index contributed by atoms with van der Waals surface area (Å²) in [5, 5.41) is 13.9. The van der Waals surface area contributed by atoms with Crippen molar-refractivity contribution in [1.29, 1.82) is 0 Å². The van der Waals surface area contributed by atoms with Crippen LogP contribution in [0.3, 0.4) is 0 Å². The average molecular weight is 272 g/mol. The lowest BCUT2D eigenvalue weighted by Crippen LogP contribution is -2.42. The lowest BCUT2D eigenvalue weighted by molar-refractivity contribution is -0.142. The predicted octanol–water partition coefficient (Wildman–Crippen LogP) is 0.907. The molecular formula is C13H24N2O4. The zero-order valence-electron chi connectivity index (χ0n) is 12.2. The highest BCUT2D eigenvalue weighted by Crippen LogP contribution is 2.08. The van der Waals surface area contributed by atoms with Gasteiger partial charge in [0, 0.05) is 17.9 Å². The first-order chi connectivity index (χ1) is 8.53. The van der Waals surface area contributed by atoms with Gasteiger partial charge in [0.1, 0.15) is 6.04 Å². The van der Waals surface area contributed by atoms with Crippen LogP contribution in [0.15, 0.2) is 0 Å². The van der Waals surface area contributed by atoms with Crippen LogP contribution in [0.5, 0.6) is 0 Å². The molecule has 0 radical (unpaired) electrons. The van der Waals surface area contributed by atoms with Crippen molar-refractivity contribution in [2.75, 3.05) is 0 Å². The molecule has 0 saturated carbocycles. The minimum absolute atomic E-state index is 0.113. The molecule has 0 aromatic carbocycles. The summed E-state index contributed by atoms with van der Waals surface area (Å²) in [6.45, 7) is 8.73. The molecule has 0 saturated heterocycles. The normalized spacial score (nSPS) is 14.4. The van der Waals surface area contributed by atoms with Crippen molar-refractivity contribution in [2.24, 2.45) is 5.92 Å². The number of carbonyl (C=O) groups excluding carboxylic acids is 2. The zero-order valence-corrected chi connectivity index (χ0v) is 12.2. The Bertz CT molecular complexity index is 347. The van der Waals surface area contributed by atoms with Gasteiger partial charge in [-0.15, -0.1) is 0 Å². The first-order valence-corrected chi connectivity index (χ1v) is 6.37. The number of nitrogens with one attached hydrogen (secondary N) is 2. The Labute approximate surface area is 113 Å². The maximum atomic E-state index is 11.6. The van der Waals surface area contributed by atoms with E-state index in [0.717, 1.165) is 0 Å². The highest BCUT2D eigenvalue weighted by atomic mass is 16.4. The van der Waals surface area contributed by atoms with Gasteiger partial charge >= 0.3 is 5.97 Å². The predicted molar refractivity (Wildman–Crippen MR) is 71.5 cm³/mol. The van der Waals surface area contributed by atoms with E-state index < -0.39 is 17.9 Å². The van der Waals surface area contributed by atoms with Gasteiger partial charge in [0.05, 0.1) is 0 Å². The fraction of sp³-hybridized carbons (Fsp3) is 0.769. The third-order valence-corrected chi connectivity index (χ3v) is 2.50. The van der Waals surface area contributed by atoms with E-state index in [0.29, 0.717) is 6.42 Å². The van der Waals surface area contributed by atoms with E-state index in [-0.39, 0.29) is 23.8 Å². The Morgan fingerprint density at radius 2 is 1.68 bits per heavy atom. The van der Waals surface area contributed by atoms with Crippen LogP contribution in [-0.2, 0) is 14.4 Å². The van der Waals surface area contributed by atoms with Crippen molar-refractivity contribution in [1.82, 2.24) is 10.6 Å². The second-order valence-corrected chi connectivity index (χ2v) is 5.81. The SMILES string of the molecule is C[C@H](NC(=O)[C@@H](C)CCC(=O)NC(C)(C)C)C(=O)O. The van der Waals surface area contributed by atoms with Crippen LogP contribution in [-0.4, -0.2) is 34.5 Å². The van der Waals surface area contributed by atoms with Gasteiger partial charge in [0.15, 0.2) is 0 Å². The quantitative estimate of drug-likeness (QED) is 0.669. The van der Waals surface area contributed by atoms with E-state index in [1.54, 1.807) is 6.92 Å². The monoisotopic (exact) mass is 272 g/mol. The molecule has 110 valence electrons. The number of carboxylic acid groups (broad SMARTS) is 1. The second kappa shape index (κ2) is 7.11. The van der Waals surface area contributed by atoms with E-state index in [1.807, 2.05) is 20.8 Å². The van der Waals surface area contributed by atoms with E-state index in [2.05, 4.69) is 10.6 Å². The van der Waals surface area contributed by atoms with Gasteiger partial charge in [-0.2, -0.15) is 0 Å². The Hall–Kier alpha value is -1.59. The maximum absolute atomic E-state index is 11.6. The van der Waals surface area contributed by atoms with E-state index in [9.17, 15) is 14.4 Å². The number of rotatable bonds is 6. The average Bonchev–Trinajstić information content (AvgIpc) is 2.23. The summed E-state index contributed by atoms with van der Waals surface area (Å²) >= 11 is 0. The molecule has 0 bridgehead atoms. The largest absolute Gasteiger partial charge is 0.480 e. The summed E-state index contributed by atoms with van der Waals surface area (Å²) in [6, 6.07) is -0.918. The Morgan fingerprint density at radius 1 is 1.16 bits per heavy atom. The molecule has 0 aliphatic rings. The number of hydrogen-bond acceptors (Lipinski definition) is 3. The highest BCUT2D eigenvalue weighted by Gasteiger charge is 2.20. The molecule has 0 aromatic heterocycles. The molecule has 0 heterocycles. The summed E-state index contributed by atoms with van der Waals surface area (Å²) in [7, 11) is 0. The van der Waals surface area contributed by atoms with Crippen molar-refractivity contribution in [3.8, 4) is 0 Å². The van der Waals surface area contributed by atoms with E-state index in [1.165, 1.54) is 6.92 Å². The van der Waals surface area contributed by atoms with Crippen molar-refractivity contribution in [3.63, 3.8) is 0 Å². The highest BCUT2D eigenvalue weighted by molar-refractivity contribution is 5.85. The molecule has 2 atom stereocenters. The van der Waals surface area contributed by atoms with Crippen molar-refractivity contribution in [2.45, 2.75) is 59.0 Å². The molecular weight excluding hydrogens is 248 g/mol. The van der Waals surface area contributed by atoms with Gasteiger partial charge < -0.3 is 15.7 Å². The number of carboxylic acids is 1. The van der Waals surface area contributed by atoms with E-state index >= 15 is 0 Å². The number of hydrogen-bond donors (Lipinski definition) is 3. The van der Waals surface area contributed by atoms with Gasteiger partial charge in [-0.05, 0) is 34.1 Å². The molecule has 0 aliphatic carbocycles. The molecule has 3 N–H and O–H groups in total. The smallest absolute Gasteiger partial charge is 0.325 e. The maximum Gasteiger partial charge on any atom is 0.325 e. The first-order valence-electron chi connectivity index (χ1n) is 6.37. The molecule has 0 rings (SSSR count). The first kappa shape index (κ1) is 17.4.